The Hall–Kier alpha value is -2.86. The van der Waals surface area contributed by atoms with Gasteiger partial charge in [0, 0.05) is 11.6 Å². The molecule has 0 bridgehead atoms. The number of hydrogen-bond donors (Lipinski definition) is 2. The van der Waals surface area contributed by atoms with E-state index in [-0.39, 0.29) is 0 Å². The fourth-order valence-corrected chi connectivity index (χ4v) is 2.28. The summed E-state index contributed by atoms with van der Waals surface area (Å²) < 4.78 is 11.4. The van der Waals surface area contributed by atoms with Gasteiger partial charge in [0.15, 0.2) is 6.10 Å². The summed E-state index contributed by atoms with van der Waals surface area (Å²) in [6, 6.07) is 14.2. The van der Waals surface area contributed by atoms with Crippen molar-refractivity contribution in [2.75, 3.05) is 13.2 Å². The molecule has 27 heavy (non-hydrogen) atoms. The van der Waals surface area contributed by atoms with Crippen molar-refractivity contribution in [2.24, 2.45) is 5.10 Å². The van der Waals surface area contributed by atoms with Crippen LogP contribution in [0.5, 0.6) is 11.5 Å². The third-order valence-corrected chi connectivity index (χ3v) is 3.66. The number of hydrazone groups is 1. The van der Waals surface area contributed by atoms with E-state index in [2.05, 4.69) is 10.5 Å². The van der Waals surface area contributed by atoms with E-state index < -0.39 is 12.0 Å². The zero-order chi connectivity index (χ0) is 19.5. The van der Waals surface area contributed by atoms with Crippen LogP contribution in [0.15, 0.2) is 53.6 Å². The van der Waals surface area contributed by atoms with Crippen molar-refractivity contribution in [3.8, 4) is 11.5 Å². The van der Waals surface area contributed by atoms with Crippen molar-refractivity contribution in [1.82, 2.24) is 5.43 Å². The minimum absolute atomic E-state index is 0.509. The first-order valence-corrected chi connectivity index (χ1v) is 9.11. The van der Waals surface area contributed by atoms with Crippen LogP contribution in [0, 0.1) is 0 Å². The molecule has 0 aliphatic carbocycles. The highest BCUT2D eigenvalue weighted by atomic mass is 16.5. The topological polar surface area (TPSA) is 80.2 Å². The molecule has 6 nitrogen and oxygen atoms in total. The molecule has 0 radical (unpaired) electrons. The van der Waals surface area contributed by atoms with Crippen LogP contribution >= 0.6 is 0 Å². The van der Waals surface area contributed by atoms with Crippen LogP contribution in [0.2, 0.25) is 0 Å². The van der Waals surface area contributed by atoms with Gasteiger partial charge < -0.3 is 14.6 Å². The van der Waals surface area contributed by atoms with E-state index in [4.69, 9.17) is 9.47 Å². The molecule has 1 unspecified atom stereocenters. The largest absolute Gasteiger partial charge is 0.493 e. The minimum atomic E-state index is -1.27. The highest BCUT2D eigenvalue weighted by molar-refractivity contribution is 5.87. The summed E-state index contributed by atoms with van der Waals surface area (Å²) in [5, 5.41) is 14.0. The molecule has 0 aliphatic rings. The van der Waals surface area contributed by atoms with E-state index in [0.29, 0.717) is 30.1 Å². The predicted octanol–water partition coefficient (Wildman–Crippen LogP) is 3.45. The average Bonchev–Trinajstić information content (AvgIpc) is 2.71. The van der Waals surface area contributed by atoms with Crippen molar-refractivity contribution < 1.29 is 19.4 Å². The minimum Gasteiger partial charge on any atom is -0.493 e. The van der Waals surface area contributed by atoms with Crippen LogP contribution < -0.4 is 14.9 Å². The van der Waals surface area contributed by atoms with Crippen LogP contribution in [0.1, 0.15) is 43.9 Å². The van der Waals surface area contributed by atoms with E-state index in [0.717, 1.165) is 18.6 Å². The van der Waals surface area contributed by atoms with Crippen LogP contribution in [0.25, 0.3) is 0 Å². The molecule has 0 saturated carbocycles. The molecule has 0 spiro atoms. The van der Waals surface area contributed by atoms with Crippen molar-refractivity contribution in [3.63, 3.8) is 0 Å². The van der Waals surface area contributed by atoms with Crippen molar-refractivity contribution in [3.05, 3.63) is 59.7 Å². The molecule has 0 aliphatic heterocycles. The quantitative estimate of drug-likeness (QED) is 0.496. The van der Waals surface area contributed by atoms with Crippen molar-refractivity contribution in [1.29, 1.82) is 0 Å². The van der Waals surface area contributed by atoms with Gasteiger partial charge in [-0.15, -0.1) is 0 Å². The first-order valence-electron chi connectivity index (χ1n) is 9.11. The Morgan fingerprint density at radius 3 is 2.52 bits per heavy atom. The number of amides is 1. The van der Waals surface area contributed by atoms with E-state index in [1.54, 1.807) is 24.3 Å². The van der Waals surface area contributed by atoms with Crippen LogP contribution in [0.3, 0.4) is 0 Å². The van der Waals surface area contributed by atoms with Gasteiger partial charge in [0.1, 0.15) is 11.5 Å². The Morgan fingerprint density at radius 1 is 1.11 bits per heavy atom. The summed E-state index contributed by atoms with van der Waals surface area (Å²) in [6.07, 6.45) is 2.01. The Balaban J connectivity index is 2.04. The van der Waals surface area contributed by atoms with E-state index in [9.17, 15) is 9.90 Å². The number of aliphatic hydroxyl groups is 1. The molecule has 0 heterocycles. The lowest BCUT2D eigenvalue weighted by atomic mass is 10.1. The maximum atomic E-state index is 12.0. The van der Waals surface area contributed by atoms with Gasteiger partial charge in [-0.05, 0) is 30.5 Å². The highest BCUT2D eigenvalue weighted by Gasteiger charge is 2.16. The SMILES string of the molecule is CCCOc1ccc(/C=N/NC(=O)C(O)c2ccccc2)c(OCCC)c1. The van der Waals surface area contributed by atoms with E-state index in [1.807, 2.05) is 38.1 Å². The maximum absolute atomic E-state index is 12.0. The van der Waals surface area contributed by atoms with Crippen LogP contribution in [0.4, 0.5) is 0 Å². The number of carbonyl (C=O) groups is 1. The zero-order valence-corrected chi connectivity index (χ0v) is 15.7. The fourth-order valence-electron chi connectivity index (χ4n) is 2.28. The molecular weight excluding hydrogens is 344 g/mol. The van der Waals surface area contributed by atoms with Gasteiger partial charge in [0.05, 0.1) is 19.4 Å². The lowest BCUT2D eigenvalue weighted by Crippen LogP contribution is -2.25. The number of carbonyl (C=O) groups excluding carboxylic acids is 1. The molecule has 1 atom stereocenters. The van der Waals surface area contributed by atoms with Crippen LogP contribution in [-0.2, 0) is 4.79 Å². The van der Waals surface area contributed by atoms with Gasteiger partial charge in [0.2, 0.25) is 0 Å². The maximum Gasteiger partial charge on any atom is 0.273 e. The number of rotatable bonds is 10. The second-order valence-electron chi connectivity index (χ2n) is 5.94. The molecule has 1 amide bonds. The summed E-state index contributed by atoms with van der Waals surface area (Å²) in [6.45, 7) is 5.27. The molecule has 2 aromatic carbocycles. The number of benzene rings is 2. The van der Waals surface area contributed by atoms with Crippen molar-refractivity contribution >= 4 is 12.1 Å². The van der Waals surface area contributed by atoms with Crippen molar-refractivity contribution in [2.45, 2.75) is 32.8 Å². The fraction of sp³-hybridized carbons (Fsp3) is 0.333. The lowest BCUT2D eigenvalue weighted by Gasteiger charge is -2.11. The second kappa shape index (κ2) is 11.0. The van der Waals surface area contributed by atoms with Gasteiger partial charge in [0.25, 0.3) is 5.91 Å². The van der Waals surface area contributed by atoms with Gasteiger partial charge in [-0.2, -0.15) is 5.10 Å². The number of nitrogens with zero attached hydrogens (tertiary/aromatic N) is 1. The summed E-state index contributed by atoms with van der Waals surface area (Å²) in [5.41, 5.74) is 3.57. The Bertz CT molecular complexity index is 747. The van der Waals surface area contributed by atoms with E-state index in [1.165, 1.54) is 6.21 Å². The Kier molecular flexibility index (Phi) is 8.32. The number of hydrogen-bond acceptors (Lipinski definition) is 5. The molecule has 2 N–H and O–H groups in total. The van der Waals surface area contributed by atoms with Gasteiger partial charge >= 0.3 is 0 Å². The van der Waals surface area contributed by atoms with Gasteiger partial charge in [-0.3, -0.25) is 4.79 Å². The molecule has 0 saturated heterocycles. The molecule has 0 aromatic heterocycles. The monoisotopic (exact) mass is 370 g/mol. The Morgan fingerprint density at radius 2 is 1.81 bits per heavy atom. The molecule has 2 rings (SSSR count). The first kappa shape index (κ1) is 20.5. The third-order valence-electron chi connectivity index (χ3n) is 3.66. The van der Waals surface area contributed by atoms with Crippen LogP contribution in [-0.4, -0.2) is 30.4 Å². The molecule has 2 aromatic rings. The number of aliphatic hydroxyl groups excluding tert-OH is 1. The summed E-state index contributed by atoms with van der Waals surface area (Å²) in [4.78, 5) is 12.0. The Labute approximate surface area is 159 Å². The average molecular weight is 370 g/mol. The van der Waals surface area contributed by atoms with Gasteiger partial charge in [-0.1, -0.05) is 44.2 Å². The summed E-state index contributed by atoms with van der Waals surface area (Å²) in [5.74, 6) is 0.757. The zero-order valence-electron chi connectivity index (χ0n) is 15.7. The highest BCUT2D eigenvalue weighted by Crippen LogP contribution is 2.24. The molecular formula is C21H26N2O4. The number of nitrogens with one attached hydrogen (secondary N) is 1. The molecule has 0 fully saturated rings. The first-order chi connectivity index (χ1) is 13.2. The van der Waals surface area contributed by atoms with Gasteiger partial charge in [-0.25, -0.2) is 5.43 Å². The standard InChI is InChI=1S/C21H26N2O4/c1-3-12-26-18-11-10-17(19(14-18)27-13-4-2)15-22-23-21(25)20(24)16-8-6-5-7-9-16/h5-11,14-15,20,24H,3-4,12-13H2,1-2H3,(H,23,25)/b22-15+. The van der Waals surface area contributed by atoms with E-state index >= 15 is 0 Å². The smallest absolute Gasteiger partial charge is 0.273 e. The summed E-state index contributed by atoms with van der Waals surface area (Å²) in [7, 11) is 0. The summed E-state index contributed by atoms with van der Waals surface area (Å²) >= 11 is 0. The third kappa shape index (κ3) is 6.42. The lowest BCUT2D eigenvalue weighted by molar-refractivity contribution is -0.129. The number of ether oxygens (including phenoxy) is 2. The molecule has 6 heteroatoms. The predicted molar refractivity (Wildman–Crippen MR) is 105 cm³/mol. The molecule has 144 valence electrons. The normalized spacial score (nSPS) is 12.0. The second-order valence-corrected chi connectivity index (χ2v) is 5.94.